The number of fused-ring (bicyclic) bond motifs is 1. The Labute approximate surface area is 130 Å². The Morgan fingerprint density at radius 3 is 3.00 bits per heavy atom. The van der Waals surface area contributed by atoms with Crippen LogP contribution in [0.2, 0.25) is 0 Å². The number of ether oxygens (including phenoxy) is 1. The molecule has 1 saturated heterocycles. The van der Waals surface area contributed by atoms with E-state index in [4.69, 9.17) is 4.74 Å². The van der Waals surface area contributed by atoms with E-state index in [1.807, 2.05) is 23.1 Å². The van der Waals surface area contributed by atoms with Crippen molar-refractivity contribution in [3.63, 3.8) is 0 Å². The average Bonchev–Trinajstić information content (AvgIpc) is 3.04. The van der Waals surface area contributed by atoms with Crippen LogP contribution in [0, 0.1) is 0 Å². The Kier molecular flexibility index (Phi) is 4.10. The molecule has 1 atom stereocenters. The van der Waals surface area contributed by atoms with Gasteiger partial charge in [0, 0.05) is 18.2 Å². The minimum absolute atomic E-state index is 0.0656. The van der Waals surface area contributed by atoms with E-state index in [2.05, 4.69) is 5.32 Å². The summed E-state index contributed by atoms with van der Waals surface area (Å²) in [5, 5.41) is 2.86. The molecule has 1 amide bonds. The van der Waals surface area contributed by atoms with Crippen molar-refractivity contribution >= 4 is 21.4 Å². The van der Waals surface area contributed by atoms with Gasteiger partial charge in [-0.2, -0.15) is 0 Å². The highest BCUT2D eigenvalue weighted by molar-refractivity contribution is 7.91. The molecule has 1 aromatic carbocycles. The van der Waals surface area contributed by atoms with E-state index in [1.165, 1.54) is 0 Å². The lowest BCUT2D eigenvalue weighted by Crippen LogP contribution is -2.38. The summed E-state index contributed by atoms with van der Waals surface area (Å²) in [5.41, 5.74) is 1.86. The third-order valence-electron chi connectivity index (χ3n) is 4.20. The lowest BCUT2D eigenvalue weighted by atomic mass is 10.1. The lowest BCUT2D eigenvalue weighted by Gasteiger charge is -2.22. The summed E-state index contributed by atoms with van der Waals surface area (Å²) in [6.45, 7) is 0.874. The van der Waals surface area contributed by atoms with Crippen molar-refractivity contribution in [3.8, 4) is 5.75 Å². The number of rotatable bonds is 4. The summed E-state index contributed by atoms with van der Waals surface area (Å²) in [4.78, 5) is 13.9. The Bertz CT molecular complexity index is 687. The van der Waals surface area contributed by atoms with Crippen LogP contribution >= 0.6 is 0 Å². The van der Waals surface area contributed by atoms with Crippen LogP contribution in [0.4, 0.5) is 5.69 Å². The van der Waals surface area contributed by atoms with Crippen LogP contribution < -0.4 is 10.1 Å². The molecule has 0 saturated carbocycles. The molecule has 22 heavy (non-hydrogen) atoms. The topological polar surface area (TPSA) is 75.7 Å². The van der Waals surface area contributed by atoms with Gasteiger partial charge in [-0.1, -0.05) is 0 Å². The molecule has 0 bridgehead atoms. The minimum Gasteiger partial charge on any atom is -0.493 e. The standard InChI is InChI=1S/C15H20N2O4S/c1-17(13-5-7-22(19,20)10-13)9-15(18)16-12-2-3-14-11(8-12)4-6-21-14/h2-3,8,13H,4-7,9-10H2,1H3,(H,16,18)/t13-/m1/s1. The van der Waals surface area contributed by atoms with Crippen LogP contribution in [0.25, 0.3) is 0 Å². The first-order chi connectivity index (χ1) is 10.4. The molecular weight excluding hydrogens is 304 g/mol. The van der Waals surface area contributed by atoms with Gasteiger partial charge >= 0.3 is 0 Å². The van der Waals surface area contributed by atoms with Crippen molar-refractivity contribution < 1.29 is 17.9 Å². The van der Waals surface area contributed by atoms with Gasteiger partial charge < -0.3 is 10.1 Å². The molecule has 2 aliphatic heterocycles. The van der Waals surface area contributed by atoms with Gasteiger partial charge in [-0.15, -0.1) is 0 Å². The van der Waals surface area contributed by atoms with Gasteiger partial charge in [0.15, 0.2) is 9.84 Å². The maximum atomic E-state index is 12.1. The van der Waals surface area contributed by atoms with E-state index < -0.39 is 9.84 Å². The number of carbonyl (C=O) groups is 1. The molecule has 7 heteroatoms. The SMILES string of the molecule is CN(CC(=O)Nc1ccc2c(c1)CCO2)[C@@H]1CCS(=O)(=O)C1. The summed E-state index contributed by atoms with van der Waals surface area (Å²) in [5.74, 6) is 1.11. The average molecular weight is 324 g/mol. The van der Waals surface area contributed by atoms with Crippen LogP contribution in [-0.2, 0) is 21.1 Å². The van der Waals surface area contributed by atoms with Gasteiger partial charge in [0.25, 0.3) is 0 Å². The quantitative estimate of drug-likeness (QED) is 0.881. The molecule has 3 rings (SSSR count). The third-order valence-corrected chi connectivity index (χ3v) is 5.95. The highest BCUT2D eigenvalue weighted by Crippen LogP contribution is 2.27. The van der Waals surface area contributed by atoms with Gasteiger partial charge in [0.05, 0.1) is 24.7 Å². The smallest absolute Gasteiger partial charge is 0.238 e. The number of benzene rings is 1. The molecule has 0 aliphatic carbocycles. The summed E-state index contributed by atoms with van der Waals surface area (Å²) in [6, 6.07) is 5.55. The molecule has 0 unspecified atom stereocenters. The zero-order valence-electron chi connectivity index (χ0n) is 12.5. The number of hydrogen-bond acceptors (Lipinski definition) is 5. The highest BCUT2D eigenvalue weighted by atomic mass is 32.2. The summed E-state index contributed by atoms with van der Waals surface area (Å²) in [7, 11) is -1.14. The van der Waals surface area contributed by atoms with E-state index in [9.17, 15) is 13.2 Å². The number of anilines is 1. The molecule has 1 fully saturated rings. The first-order valence-electron chi connectivity index (χ1n) is 7.39. The second-order valence-corrected chi connectivity index (χ2v) is 8.17. The maximum Gasteiger partial charge on any atom is 0.238 e. The van der Waals surface area contributed by atoms with Crippen molar-refractivity contribution in [2.24, 2.45) is 0 Å². The highest BCUT2D eigenvalue weighted by Gasteiger charge is 2.31. The lowest BCUT2D eigenvalue weighted by molar-refractivity contribution is -0.117. The van der Waals surface area contributed by atoms with Crippen LogP contribution in [0.3, 0.4) is 0 Å². The van der Waals surface area contributed by atoms with Gasteiger partial charge in [-0.25, -0.2) is 8.42 Å². The number of sulfone groups is 1. The molecule has 2 heterocycles. The number of amides is 1. The van der Waals surface area contributed by atoms with E-state index in [0.29, 0.717) is 13.0 Å². The number of likely N-dealkylation sites (N-methyl/N-ethyl adjacent to an activating group) is 1. The van der Waals surface area contributed by atoms with E-state index in [1.54, 1.807) is 7.05 Å². The van der Waals surface area contributed by atoms with Crippen LogP contribution in [0.15, 0.2) is 18.2 Å². The van der Waals surface area contributed by atoms with Gasteiger partial charge in [-0.05, 0) is 37.2 Å². The zero-order chi connectivity index (χ0) is 15.7. The molecular formula is C15H20N2O4S. The van der Waals surface area contributed by atoms with E-state index in [0.717, 1.165) is 23.4 Å². The van der Waals surface area contributed by atoms with Crippen molar-refractivity contribution in [2.45, 2.75) is 18.9 Å². The largest absolute Gasteiger partial charge is 0.493 e. The predicted molar refractivity (Wildman–Crippen MR) is 84.0 cm³/mol. The number of nitrogens with zero attached hydrogens (tertiary/aromatic N) is 1. The molecule has 0 spiro atoms. The number of hydrogen-bond donors (Lipinski definition) is 1. The van der Waals surface area contributed by atoms with E-state index >= 15 is 0 Å². The Balaban J connectivity index is 1.56. The monoisotopic (exact) mass is 324 g/mol. The zero-order valence-corrected chi connectivity index (χ0v) is 13.4. The number of nitrogens with one attached hydrogen (secondary N) is 1. The normalized spacial score (nSPS) is 22.4. The Hall–Kier alpha value is -1.60. The van der Waals surface area contributed by atoms with Gasteiger partial charge in [-0.3, -0.25) is 9.69 Å². The van der Waals surface area contributed by atoms with Crippen molar-refractivity contribution in [2.75, 3.05) is 37.0 Å². The predicted octanol–water partition coefficient (Wildman–Crippen LogP) is 0.679. The number of carbonyl (C=O) groups excluding carboxylic acids is 1. The summed E-state index contributed by atoms with van der Waals surface area (Å²) < 4.78 is 28.4. The Morgan fingerprint density at radius 1 is 1.45 bits per heavy atom. The molecule has 0 radical (unpaired) electrons. The second-order valence-electron chi connectivity index (χ2n) is 5.94. The minimum atomic E-state index is -2.93. The fourth-order valence-electron chi connectivity index (χ4n) is 2.94. The Morgan fingerprint density at radius 2 is 2.27 bits per heavy atom. The molecule has 1 aromatic rings. The fourth-order valence-corrected chi connectivity index (χ4v) is 4.75. The van der Waals surface area contributed by atoms with Crippen molar-refractivity contribution in [1.82, 2.24) is 4.90 Å². The maximum absolute atomic E-state index is 12.1. The van der Waals surface area contributed by atoms with Crippen LogP contribution in [0.5, 0.6) is 5.75 Å². The van der Waals surface area contributed by atoms with Gasteiger partial charge in [0.1, 0.15) is 5.75 Å². The summed E-state index contributed by atoms with van der Waals surface area (Å²) >= 11 is 0. The van der Waals surface area contributed by atoms with Crippen LogP contribution in [-0.4, -0.2) is 57.0 Å². The molecule has 1 N–H and O–H groups in total. The van der Waals surface area contributed by atoms with Crippen LogP contribution in [0.1, 0.15) is 12.0 Å². The fraction of sp³-hybridized carbons (Fsp3) is 0.533. The molecule has 2 aliphatic rings. The first kappa shape index (κ1) is 15.3. The molecule has 120 valence electrons. The summed E-state index contributed by atoms with van der Waals surface area (Å²) in [6.07, 6.45) is 1.46. The van der Waals surface area contributed by atoms with Crippen molar-refractivity contribution in [3.05, 3.63) is 23.8 Å². The van der Waals surface area contributed by atoms with Gasteiger partial charge in [0.2, 0.25) is 5.91 Å². The third kappa shape index (κ3) is 3.41. The molecule has 0 aromatic heterocycles. The second kappa shape index (κ2) is 5.89. The van der Waals surface area contributed by atoms with Crippen molar-refractivity contribution in [1.29, 1.82) is 0 Å². The first-order valence-corrected chi connectivity index (χ1v) is 9.21. The molecule has 6 nitrogen and oxygen atoms in total. The van der Waals surface area contributed by atoms with E-state index in [-0.39, 0.29) is 30.0 Å².